The minimum absolute atomic E-state index is 0.122. The van der Waals surface area contributed by atoms with Crippen LogP contribution in [-0.2, 0) is 4.79 Å². The fourth-order valence-corrected chi connectivity index (χ4v) is 2.83. The van der Waals surface area contributed by atoms with Gasteiger partial charge < -0.3 is 20.1 Å². The van der Waals surface area contributed by atoms with E-state index in [0.717, 1.165) is 29.3 Å². The molecule has 1 amide bonds. The van der Waals surface area contributed by atoms with Gasteiger partial charge in [-0.2, -0.15) is 0 Å². The molecule has 0 saturated heterocycles. The first-order chi connectivity index (χ1) is 13.7. The number of ether oxygens (including phenoxy) is 2. The summed E-state index contributed by atoms with van der Waals surface area (Å²) < 4.78 is 11.4. The first-order valence-corrected chi connectivity index (χ1v) is 10.2. The second-order valence-corrected chi connectivity index (χ2v) is 6.62. The molecule has 5 heteroatoms. The average molecular weight is 385 g/mol. The molecule has 2 rings (SSSR count). The van der Waals surface area contributed by atoms with Crippen molar-refractivity contribution in [1.29, 1.82) is 0 Å². The van der Waals surface area contributed by atoms with Gasteiger partial charge in [-0.1, -0.05) is 50.8 Å². The largest absolute Gasteiger partial charge is 0.494 e. The SMILES string of the molecule is CCCCCCCOc1cccc(NC(=O)CNc2ccccc2OCC)c1. The lowest BCUT2D eigenvalue weighted by molar-refractivity contribution is -0.114. The number of carbonyl (C=O) groups is 1. The van der Waals surface area contributed by atoms with Crippen LogP contribution in [0.15, 0.2) is 48.5 Å². The van der Waals surface area contributed by atoms with Crippen molar-refractivity contribution in [2.45, 2.75) is 46.0 Å². The summed E-state index contributed by atoms with van der Waals surface area (Å²) >= 11 is 0. The zero-order valence-electron chi connectivity index (χ0n) is 17.0. The van der Waals surface area contributed by atoms with Crippen LogP contribution in [-0.4, -0.2) is 25.7 Å². The van der Waals surface area contributed by atoms with Gasteiger partial charge in [-0.25, -0.2) is 0 Å². The fourth-order valence-electron chi connectivity index (χ4n) is 2.83. The highest BCUT2D eigenvalue weighted by Crippen LogP contribution is 2.23. The van der Waals surface area contributed by atoms with E-state index in [1.807, 2.05) is 55.5 Å². The summed E-state index contributed by atoms with van der Waals surface area (Å²) in [7, 11) is 0. The molecule has 0 aliphatic heterocycles. The molecule has 0 unspecified atom stereocenters. The van der Waals surface area contributed by atoms with Gasteiger partial charge in [0.1, 0.15) is 11.5 Å². The van der Waals surface area contributed by atoms with Crippen LogP contribution < -0.4 is 20.1 Å². The molecule has 28 heavy (non-hydrogen) atoms. The fraction of sp³-hybridized carbons (Fsp3) is 0.435. The zero-order chi connectivity index (χ0) is 20.0. The summed E-state index contributed by atoms with van der Waals surface area (Å²) in [6, 6.07) is 15.1. The number of hydrogen-bond donors (Lipinski definition) is 2. The molecule has 2 aromatic carbocycles. The summed E-state index contributed by atoms with van der Waals surface area (Å²) in [6.45, 7) is 5.59. The van der Waals surface area contributed by atoms with Crippen molar-refractivity contribution in [3.8, 4) is 11.5 Å². The van der Waals surface area contributed by atoms with E-state index in [0.29, 0.717) is 13.2 Å². The molecule has 0 atom stereocenters. The van der Waals surface area contributed by atoms with Crippen LogP contribution in [0.5, 0.6) is 11.5 Å². The zero-order valence-corrected chi connectivity index (χ0v) is 17.0. The Hall–Kier alpha value is -2.69. The first-order valence-electron chi connectivity index (χ1n) is 10.2. The number of nitrogens with one attached hydrogen (secondary N) is 2. The van der Waals surface area contributed by atoms with E-state index < -0.39 is 0 Å². The molecular formula is C23H32N2O3. The van der Waals surface area contributed by atoms with Crippen LogP contribution in [0.25, 0.3) is 0 Å². The maximum Gasteiger partial charge on any atom is 0.243 e. The lowest BCUT2D eigenvalue weighted by Gasteiger charge is -2.13. The number of unbranched alkanes of at least 4 members (excludes halogenated alkanes) is 4. The van der Waals surface area contributed by atoms with E-state index in [4.69, 9.17) is 9.47 Å². The monoisotopic (exact) mass is 384 g/mol. The van der Waals surface area contributed by atoms with Crippen LogP contribution in [0.1, 0.15) is 46.0 Å². The Morgan fingerprint density at radius 3 is 2.57 bits per heavy atom. The lowest BCUT2D eigenvalue weighted by Crippen LogP contribution is -2.22. The highest BCUT2D eigenvalue weighted by molar-refractivity contribution is 5.94. The lowest BCUT2D eigenvalue weighted by atomic mass is 10.2. The van der Waals surface area contributed by atoms with E-state index in [9.17, 15) is 4.79 Å². The van der Waals surface area contributed by atoms with Crippen LogP contribution in [0.4, 0.5) is 11.4 Å². The molecule has 0 aliphatic carbocycles. The third kappa shape index (κ3) is 7.91. The van der Waals surface area contributed by atoms with Gasteiger partial charge in [0, 0.05) is 11.8 Å². The molecule has 0 spiro atoms. The van der Waals surface area contributed by atoms with Gasteiger partial charge in [0.2, 0.25) is 5.91 Å². The second-order valence-electron chi connectivity index (χ2n) is 6.62. The third-order valence-electron chi connectivity index (χ3n) is 4.26. The number of benzene rings is 2. The predicted octanol–water partition coefficient (Wildman–Crippen LogP) is 5.49. The quantitative estimate of drug-likeness (QED) is 0.449. The Morgan fingerprint density at radius 2 is 1.75 bits per heavy atom. The molecule has 0 fully saturated rings. The predicted molar refractivity (Wildman–Crippen MR) is 115 cm³/mol. The average Bonchev–Trinajstić information content (AvgIpc) is 2.70. The number of anilines is 2. The van der Waals surface area contributed by atoms with Gasteiger partial charge in [-0.3, -0.25) is 4.79 Å². The number of rotatable bonds is 13. The summed E-state index contributed by atoms with van der Waals surface area (Å²) in [5, 5.41) is 6.02. The smallest absolute Gasteiger partial charge is 0.243 e. The summed E-state index contributed by atoms with van der Waals surface area (Å²) in [5.74, 6) is 1.40. The molecule has 0 aromatic heterocycles. The van der Waals surface area contributed by atoms with E-state index in [2.05, 4.69) is 17.6 Å². The maximum absolute atomic E-state index is 12.3. The molecule has 5 nitrogen and oxygen atoms in total. The van der Waals surface area contributed by atoms with Crippen molar-refractivity contribution in [2.75, 3.05) is 30.4 Å². The Bertz CT molecular complexity index is 718. The molecular weight excluding hydrogens is 352 g/mol. The van der Waals surface area contributed by atoms with E-state index >= 15 is 0 Å². The Labute approximate surface area is 168 Å². The summed E-state index contributed by atoms with van der Waals surface area (Å²) in [4.78, 5) is 12.3. The van der Waals surface area contributed by atoms with Crippen LogP contribution in [0, 0.1) is 0 Å². The van der Waals surface area contributed by atoms with Crippen molar-refractivity contribution in [2.24, 2.45) is 0 Å². The van der Waals surface area contributed by atoms with Crippen molar-refractivity contribution in [1.82, 2.24) is 0 Å². The Morgan fingerprint density at radius 1 is 0.929 bits per heavy atom. The van der Waals surface area contributed by atoms with Gasteiger partial charge >= 0.3 is 0 Å². The van der Waals surface area contributed by atoms with Crippen LogP contribution in [0.2, 0.25) is 0 Å². The van der Waals surface area contributed by atoms with Crippen molar-refractivity contribution in [3.05, 3.63) is 48.5 Å². The van der Waals surface area contributed by atoms with Crippen molar-refractivity contribution < 1.29 is 14.3 Å². The molecule has 152 valence electrons. The second kappa shape index (κ2) is 12.7. The van der Waals surface area contributed by atoms with Gasteiger partial charge in [-0.15, -0.1) is 0 Å². The van der Waals surface area contributed by atoms with Crippen LogP contribution in [0.3, 0.4) is 0 Å². The Balaban J connectivity index is 1.77. The van der Waals surface area contributed by atoms with Gasteiger partial charge in [0.25, 0.3) is 0 Å². The number of para-hydroxylation sites is 2. The number of amides is 1. The molecule has 2 aromatic rings. The van der Waals surface area contributed by atoms with Gasteiger partial charge in [0.15, 0.2) is 0 Å². The van der Waals surface area contributed by atoms with Crippen molar-refractivity contribution in [3.63, 3.8) is 0 Å². The topological polar surface area (TPSA) is 59.6 Å². The molecule has 0 bridgehead atoms. The Kier molecular flexibility index (Phi) is 9.76. The molecule has 0 radical (unpaired) electrons. The molecule has 0 saturated carbocycles. The maximum atomic E-state index is 12.3. The minimum atomic E-state index is -0.122. The number of hydrogen-bond acceptors (Lipinski definition) is 4. The summed E-state index contributed by atoms with van der Waals surface area (Å²) in [6.07, 6.45) is 6.04. The van der Waals surface area contributed by atoms with E-state index in [-0.39, 0.29) is 12.5 Å². The first kappa shape index (κ1) is 21.6. The van der Waals surface area contributed by atoms with Gasteiger partial charge in [0.05, 0.1) is 25.4 Å². The molecule has 2 N–H and O–H groups in total. The summed E-state index contributed by atoms with van der Waals surface area (Å²) in [5.41, 5.74) is 1.54. The molecule has 0 heterocycles. The van der Waals surface area contributed by atoms with Crippen LogP contribution >= 0.6 is 0 Å². The highest BCUT2D eigenvalue weighted by Gasteiger charge is 2.06. The molecule has 0 aliphatic rings. The van der Waals surface area contributed by atoms with Gasteiger partial charge in [-0.05, 0) is 37.6 Å². The standard InChI is InChI=1S/C23H32N2O3/c1-3-5-6-7-10-16-28-20-13-11-12-19(17-20)25-23(26)18-24-21-14-8-9-15-22(21)27-4-2/h8-9,11-15,17,24H,3-7,10,16,18H2,1-2H3,(H,25,26). The van der Waals surface area contributed by atoms with E-state index in [1.165, 1.54) is 25.7 Å². The normalized spacial score (nSPS) is 10.4. The minimum Gasteiger partial charge on any atom is -0.494 e. The van der Waals surface area contributed by atoms with E-state index in [1.54, 1.807) is 0 Å². The highest BCUT2D eigenvalue weighted by atomic mass is 16.5. The number of carbonyl (C=O) groups excluding carboxylic acids is 1. The third-order valence-corrected chi connectivity index (χ3v) is 4.26. The van der Waals surface area contributed by atoms with Crippen molar-refractivity contribution >= 4 is 17.3 Å².